The van der Waals surface area contributed by atoms with Crippen molar-refractivity contribution in [2.75, 3.05) is 12.9 Å². The number of rotatable bonds is 7. The van der Waals surface area contributed by atoms with Crippen LogP contribution in [-0.4, -0.2) is 48.8 Å². The SMILES string of the molecule is CCSc1c(Cc2ccc(-c3ccccc3-c3nn[nH]n3)cc2)c(=O)n2n1C(C)C=CC2C(=O)OC. The van der Waals surface area contributed by atoms with Gasteiger partial charge >= 0.3 is 5.97 Å². The first-order valence-corrected chi connectivity index (χ1v) is 12.7. The maximum Gasteiger partial charge on any atom is 0.334 e. The van der Waals surface area contributed by atoms with Gasteiger partial charge in [-0.05, 0) is 34.6 Å². The second-order valence-electron chi connectivity index (χ2n) is 8.46. The van der Waals surface area contributed by atoms with E-state index in [1.165, 1.54) is 7.11 Å². The molecule has 1 aliphatic heterocycles. The Labute approximate surface area is 212 Å². The summed E-state index contributed by atoms with van der Waals surface area (Å²) in [6.45, 7) is 4.07. The molecular weight excluding hydrogens is 476 g/mol. The average Bonchev–Trinajstić information content (AvgIpc) is 3.53. The van der Waals surface area contributed by atoms with Crippen molar-refractivity contribution < 1.29 is 9.53 Å². The predicted octanol–water partition coefficient (Wildman–Crippen LogP) is 4.04. The smallest absolute Gasteiger partial charge is 0.334 e. The summed E-state index contributed by atoms with van der Waals surface area (Å²) >= 11 is 1.62. The van der Waals surface area contributed by atoms with Crippen LogP contribution in [-0.2, 0) is 16.0 Å². The second kappa shape index (κ2) is 9.98. The number of benzene rings is 2. The van der Waals surface area contributed by atoms with Crippen molar-refractivity contribution >= 4 is 17.7 Å². The molecule has 0 amide bonds. The lowest BCUT2D eigenvalue weighted by molar-refractivity contribution is -0.143. The Bertz CT molecular complexity index is 1470. The molecule has 10 heteroatoms. The number of methoxy groups -OCH3 is 1. The molecule has 0 spiro atoms. The zero-order valence-corrected chi connectivity index (χ0v) is 21.0. The first kappa shape index (κ1) is 23.8. The fourth-order valence-corrected chi connectivity index (χ4v) is 5.58. The summed E-state index contributed by atoms with van der Waals surface area (Å²) in [6, 6.07) is 15.2. The molecule has 0 aliphatic carbocycles. The van der Waals surface area contributed by atoms with E-state index in [2.05, 4.69) is 27.5 Å². The first-order valence-electron chi connectivity index (χ1n) is 11.7. The topological polar surface area (TPSA) is 108 Å². The van der Waals surface area contributed by atoms with Gasteiger partial charge in [-0.2, -0.15) is 5.21 Å². The number of ether oxygens (including phenoxy) is 1. The molecule has 184 valence electrons. The Hall–Kier alpha value is -3.92. The number of nitrogens with zero attached hydrogens (tertiary/aromatic N) is 5. The molecule has 2 aromatic heterocycles. The maximum absolute atomic E-state index is 13.6. The van der Waals surface area contributed by atoms with Gasteiger partial charge in [0.2, 0.25) is 5.82 Å². The minimum atomic E-state index is -0.771. The fourth-order valence-electron chi connectivity index (χ4n) is 4.59. The van der Waals surface area contributed by atoms with Crippen LogP contribution < -0.4 is 5.56 Å². The van der Waals surface area contributed by atoms with E-state index >= 15 is 0 Å². The van der Waals surface area contributed by atoms with Crippen LogP contribution in [0.4, 0.5) is 0 Å². The number of esters is 1. The van der Waals surface area contributed by atoms with Crippen LogP contribution in [0.2, 0.25) is 0 Å². The second-order valence-corrected chi connectivity index (χ2v) is 9.71. The van der Waals surface area contributed by atoms with Crippen LogP contribution in [0.3, 0.4) is 0 Å². The van der Waals surface area contributed by atoms with Gasteiger partial charge < -0.3 is 4.74 Å². The lowest BCUT2D eigenvalue weighted by Gasteiger charge is -2.26. The highest BCUT2D eigenvalue weighted by molar-refractivity contribution is 7.99. The Kier molecular flexibility index (Phi) is 6.60. The minimum Gasteiger partial charge on any atom is -0.467 e. The number of allylic oxidation sites excluding steroid dienone is 1. The number of thioether (sulfide) groups is 1. The molecule has 0 bridgehead atoms. The number of hydrogen-bond acceptors (Lipinski definition) is 7. The van der Waals surface area contributed by atoms with E-state index < -0.39 is 12.0 Å². The summed E-state index contributed by atoms with van der Waals surface area (Å²) in [7, 11) is 1.34. The van der Waals surface area contributed by atoms with Gasteiger partial charge in [-0.15, -0.1) is 22.0 Å². The number of nitrogens with one attached hydrogen (secondary N) is 1. The van der Waals surface area contributed by atoms with E-state index in [1.54, 1.807) is 22.5 Å². The highest BCUT2D eigenvalue weighted by atomic mass is 32.2. The van der Waals surface area contributed by atoms with Crippen LogP contribution in [0, 0.1) is 0 Å². The van der Waals surface area contributed by atoms with Crippen molar-refractivity contribution in [2.24, 2.45) is 0 Å². The van der Waals surface area contributed by atoms with Gasteiger partial charge in [-0.1, -0.05) is 67.6 Å². The predicted molar refractivity (Wildman–Crippen MR) is 138 cm³/mol. The molecule has 1 N–H and O–H groups in total. The van der Waals surface area contributed by atoms with Gasteiger partial charge in [-0.3, -0.25) is 9.48 Å². The van der Waals surface area contributed by atoms with E-state index in [0.717, 1.165) is 33.0 Å². The van der Waals surface area contributed by atoms with Gasteiger partial charge in [-0.25, -0.2) is 9.48 Å². The van der Waals surface area contributed by atoms with E-state index in [-0.39, 0.29) is 11.6 Å². The number of aromatic nitrogens is 6. The van der Waals surface area contributed by atoms with Crippen molar-refractivity contribution in [3.05, 3.63) is 82.2 Å². The summed E-state index contributed by atoms with van der Waals surface area (Å²) in [5, 5.41) is 15.3. The molecule has 0 radical (unpaired) electrons. The lowest BCUT2D eigenvalue weighted by atomic mass is 9.97. The van der Waals surface area contributed by atoms with Gasteiger partial charge in [0.15, 0.2) is 6.04 Å². The highest BCUT2D eigenvalue weighted by Gasteiger charge is 2.32. The monoisotopic (exact) mass is 502 g/mol. The molecule has 2 unspecified atom stereocenters. The molecule has 0 saturated heterocycles. The van der Waals surface area contributed by atoms with Gasteiger partial charge in [0, 0.05) is 12.0 Å². The molecule has 3 heterocycles. The lowest BCUT2D eigenvalue weighted by Crippen LogP contribution is -2.36. The van der Waals surface area contributed by atoms with Crippen molar-refractivity contribution in [1.82, 2.24) is 30.0 Å². The Morgan fingerprint density at radius 2 is 1.83 bits per heavy atom. The van der Waals surface area contributed by atoms with Crippen molar-refractivity contribution in [2.45, 2.75) is 37.4 Å². The molecular formula is C26H26N6O3S. The van der Waals surface area contributed by atoms with Crippen LogP contribution in [0.5, 0.6) is 0 Å². The van der Waals surface area contributed by atoms with Crippen LogP contribution in [0.15, 0.2) is 70.5 Å². The number of carbonyl (C=O) groups excluding carboxylic acids is 1. The number of aromatic amines is 1. The summed E-state index contributed by atoms with van der Waals surface area (Å²) in [5.41, 5.74) is 4.42. The highest BCUT2D eigenvalue weighted by Crippen LogP contribution is 2.33. The van der Waals surface area contributed by atoms with Crippen molar-refractivity contribution in [3.8, 4) is 22.5 Å². The maximum atomic E-state index is 13.6. The Balaban J connectivity index is 1.51. The van der Waals surface area contributed by atoms with E-state index in [9.17, 15) is 9.59 Å². The van der Waals surface area contributed by atoms with Crippen molar-refractivity contribution in [3.63, 3.8) is 0 Å². The van der Waals surface area contributed by atoms with E-state index in [0.29, 0.717) is 17.8 Å². The average molecular weight is 503 g/mol. The number of H-pyrrole nitrogens is 1. The third kappa shape index (κ3) is 4.17. The summed E-state index contributed by atoms with van der Waals surface area (Å²) in [4.78, 5) is 26.1. The van der Waals surface area contributed by atoms with Crippen LogP contribution >= 0.6 is 11.8 Å². The third-order valence-electron chi connectivity index (χ3n) is 6.27. The summed E-state index contributed by atoms with van der Waals surface area (Å²) in [6.07, 6.45) is 4.15. The van der Waals surface area contributed by atoms with Crippen molar-refractivity contribution in [1.29, 1.82) is 0 Å². The fraction of sp³-hybridized carbons (Fsp3) is 0.269. The molecule has 2 aromatic carbocycles. The standard InChI is InChI=1S/C26H26N6O3S/c1-4-36-25-21(24(33)32-22(26(34)35-3)14-9-16(2)31(25)32)15-17-10-12-18(13-11-17)19-7-5-6-8-20(19)23-27-29-30-28-23/h5-14,16,22H,4,15H2,1-3H3,(H,27,28,29,30). The van der Waals surface area contributed by atoms with E-state index in [4.69, 9.17) is 4.74 Å². The van der Waals surface area contributed by atoms with Gasteiger partial charge in [0.1, 0.15) is 5.03 Å². The number of tetrazole rings is 1. The quantitative estimate of drug-likeness (QED) is 0.231. The van der Waals surface area contributed by atoms with Crippen LogP contribution in [0.25, 0.3) is 22.5 Å². The Morgan fingerprint density at radius 1 is 1.08 bits per heavy atom. The van der Waals surface area contributed by atoms with E-state index in [1.807, 2.05) is 66.2 Å². The van der Waals surface area contributed by atoms with Gasteiger partial charge in [0.25, 0.3) is 5.56 Å². The Morgan fingerprint density at radius 3 is 2.50 bits per heavy atom. The molecule has 0 fully saturated rings. The first-order chi connectivity index (χ1) is 17.5. The minimum absolute atomic E-state index is 0.0505. The molecule has 1 aliphatic rings. The number of hydrogen-bond donors (Lipinski definition) is 1. The molecule has 4 aromatic rings. The molecule has 2 atom stereocenters. The molecule has 5 rings (SSSR count). The zero-order chi connectivity index (χ0) is 25.2. The number of fused-ring (bicyclic) bond motifs is 1. The molecule has 9 nitrogen and oxygen atoms in total. The summed E-state index contributed by atoms with van der Waals surface area (Å²) < 4.78 is 8.45. The molecule has 0 saturated carbocycles. The molecule has 36 heavy (non-hydrogen) atoms. The van der Waals surface area contributed by atoms with Crippen LogP contribution in [0.1, 0.15) is 37.1 Å². The largest absolute Gasteiger partial charge is 0.467 e. The normalized spacial score (nSPS) is 16.6. The zero-order valence-electron chi connectivity index (χ0n) is 20.2. The summed E-state index contributed by atoms with van der Waals surface area (Å²) in [5.74, 6) is 0.885. The third-order valence-corrected chi connectivity index (χ3v) is 7.26. The van der Waals surface area contributed by atoms with Gasteiger partial charge in [0.05, 0.1) is 18.7 Å². The number of carbonyl (C=O) groups is 1.